The highest BCUT2D eigenvalue weighted by Crippen LogP contribution is 2.14. The highest BCUT2D eigenvalue weighted by Gasteiger charge is 2.22. The van der Waals surface area contributed by atoms with Gasteiger partial charge in [-0.1, -0.05) is 12.2 Å². The van der Waals surface area contributed by atoms with Crippen molar-refractivity contribution in [2.24, 2.45) is 0 Å². The van der Waals surface area contributed by atoms with Crippen LogP contribution in [-0.2, 0) is 0 Å². The van der Waals surface area contributed by atoms with Crippen molar-refractivity contribution in [2.75, 3.05) is 69.5 Å². The monoisotopic (exact) mass is 284 g/mol. The van der Waals surface area contributed by atoms with Gasteiger partial charge >= 0.3 is 0 Å². The zero-order chi connectivity index (χ0) is 15.7. The minimum atomic E-state index is 0.465. The molecule has 0 aromatic rings. The number of rotatable bonds is 10. The third kappa shape index (κ3) is 8.69. The Balaban J connectivity index is 4.65. The lowest BCUT2D eigenvalue weighted by molar-refractivity contribution is 0.167. The molecule has 2 unspecified atom stereocenters. The van der Waals surface area contributed by atoms with Crippen molar-refractivity contribution in [1.82, 2.24) is 19.6 Å². The standard InChI is InChI=1S/C16H36N4/c1-17(2)13-9-11-15(19(5)6)16(20(7)8)12-10-14-18(3)4/h9,11,15-16H,10,12-14H2,1-8H3. The third-order valence-corrected chi connectivity index (χ3v) is 3.56. The van der Waals surface area contributed by atoms with Crippen LogP contribution >= 0.6 is 0 Å². The van der Waals surface area contributed by atoms with Gasteiger partial charge in [-0.2, -0.15) is 0 Å². The van der Waals surface area contributed by atoms with Crippen LogP contribution in [0.25, 0.3) is 0 Å². The fourth-order valence-electron chi connectivity index (χ4n) is 2.41. The van der Waals surface area contributed by atoms with Gasteiger partial charge in [0.1, 0.15) is 0 Å². The molecule has 0 fully saturated rings. The van der Waals surface area contributed by atoms with Gasteiger partial charge in [0.05, 0.1) is 0 Å². The molecule has 0 saturated carbocycles. The van der Waals surface area contributed by atoms with Gasteiger partial charge in [0.25, 0.3) is 0 Å². The van der Waals surface area contributed by atoms with Crippen molar-refractivity contribution in [1.29, 1.82) is 0 Å². The summed E-state index contributed by atoms with van der Waals surface area (Å²) in [5.41, 5.74) is 0. The molecule has 0 N–H and O–H groups in total. The lowest BCUT2D eigenvalue weighted by Gasteiger charge is -2.35. The van der Waals surface area contributed by atoms with Crippen LogP contribution in [0.2, 0.25) is 0 Å². The van der Waals surface area contributed by atoms with Crippen LogP contribution in [0.4, 0.5) is 0 Å². The van der Waals surface area contributed by atoms with Crippen LogP contribution in [-0.4, -0.2) is 101 Å². The predicted molar refractivity (Wildman–Crippen MR) is 90.4 cm³/mol. The highest BCUT2D eigenvalue weighted by molar-refractivity contribution is 5.00. The van der Waals surface area contributed by atoms with Crippen LogP contribution < -0.4 is 0 Å². The molecule has 0 rings (SSSR count). The Hall–Kier alpha value is -0.420. The van der Waals surface area contributed by atoms with Crippen molar-refractivity contribution in [3.05, 3.63) is 12.2 Å². The first kappa shape index (κ1) is 19.6. The minimum absolute atomic E-state index is 0.465. The molecule has 120 valence electrons. The van der Waals surface area contributed by atoms with E-state index in [1.807, 2.05) is 0 Å². The molecular weight excluding hydrogens is 248 g/mol. The Kier molecular flexibility index (Phi) is 10.1. The fourth-order valence-corrected chi connectivity index (χ4v) is 2.41. The average molecular weight is 284 g/mol. The zero-order valence-corrected chi connectivity index (χ0v) is 14.9. The van der Waals surface area contributed by atoms with E-state index in [-0.39, 0.29) is 0 Å². The predicted octanol–water partition coefficient (Wildman–Crippen LogP) is 1.31. The van der Waals surface area contributed by atoms with Crippen molar-refractivity contribution in [2.45, 2.75) is 24.9 Å². The molecule has 4 nitrogen and oxygen atoms in total. The van der Waals surface area contributed by atoms with Crippen molar-refractivity contribution in [3.63, 3.8) is 0 Å². The largest absolute Gasteiger partial charge is 0.309 e. The van der Waals surface area contributed by atoms with Crippen molar-refractivity contribution in [3.8, 4) is 0 Å². The van der Waals surface area contributed by atoms with Crippen LogP contribution in [0.1, 0.15) is 12.8 Å². The topological polar surface area (TPSA) is 13.0 Å². The Morgan fingerprint density at radius 3 is 1.80 bits per heavy atom. The second kappa shape index (κ2) is 10.3. The first-order valence-corrected chi connectivity index (χ1v) is 7.54. The smallest absolute Gasteiger partial charge is 0.0428 e. The third-order valence-electron chi connectivity index (χ3n) is 3.56. The maximum absolute atomic E-state index is 2.36. The number of hydrogen-bond acceptors (Lipinski definition) is 4. The van der Waals surface area contributed by atoms with Crippen LogP contribution in [0.5, 0.6) is 0 Å². The zero-order valence-electron chi connectivity index (χ0n) is 14.9. The molecule has 0 spiro atoms. The van der Waals surface area contributed by atoms with E-state index in [0.29, 0.717) is 12.1 Å². The maximum Gasteiger partial charge on any atom is 0.0428 e. The van der Waals surface area contributed by atoms with Gasteiger partial charge in [0.2, 0.25) is 0 Å². The summed E-state index contributed by atoms with van der Waals surface area (Å²) in [6.07, 6.45) is 7.11. The second-order valence-electron chi connectivity index (χ2n) is 6.62. The van der Waals surface area contributed by atoms with E-state index in [0.717, 1.165) is 13.1 Å². The fraction of sp³-hybridized carbons (Fsp3) is 0.875. The summed E-state index contributed by atoms with van der Waals surface area (Å²) in [6, 6.07) is 1.02. The molecule has 0 aromatic heterocycles. The van der Waals surface area contributed by atoms with E-state index in [1.54, 1.807) is 0 Å². The molecule has 0 aliphatic rings. The molecule has 0 amide bonds. The first-order valence-electron chi connectivity index (χ1n) is 7.54. The molecule has 0 bridgehead atoms. The summed E-state index contributed by atoms with van der Waals surface area (Å²) in [4.78, 5) is 9.14. The average Bonchev–Trinajstić information content (AvgIpc) is 2.29. The summed E-state index contributed by atoms with van der Waals surface area (Å²) in [6.45, 7) is 2.16. The molecular formula is C16H36N4. The molecule has 20 heavy (non-hydrogen) atoms. The summed E-state index contributed by atoms with van der Waals surface area (Å²) in [5, 5.41) is 0. The highest BCUT2D eigenvalue weighted by atomic mass is 15.2. The van der Waals surface area contributed by atoms with E-state index in [9.17, 15) is 0 Å². The van der Waals surface area contributed by atoms with Gasteiger partial charge in [-0.05, 0) is 75.8 Å². The van der Waals surface area contributed by atoms with Gasteiger partial charge in [-0.25, -0.2) is 0 Å². The number of nitrogens with zero attached hydrogens (tertiary/aromatic N) is 4. The van der Waals surface area contributed by atoms with Gasteiger partial charge < -0.3 is 19.6 Å². The normalized spacial score (nSPS) is 16.0. The number of hydrogen-bond donors (Lipinski definition) is 0. The summed E-state index contributed by atoms with van der Waals surface area (Å²) in [7, 11) is 17.2. The molecule has 0 heterocycles. The SMILES string of the molecule is CN(C)CC=CC(C(CCCN(C)C)N(C)C)N(C)C. The Labute approximate surface area is 127 Å². The molecule has 0 aliphatic carbocycles. The Bertz CT molecular complexity index is 259. The molecule has 0 saturated heterocycles. The van der Waals surface area contributed by atoms with E-state index in [2.05, 4.69) is 88.1 Å². The van der Waals surface area contributed by atoms with Gasteiger partial charge in [0, 0.05) is 18.6 Å². The Morgan fingerprint density at radius 2 is 1.40 bits per heavy atom. The van der Waals surface area contributed by atoms with E-state index in [1.165, 1.54) is 12.8 Å². The van der Waals surface area contributed by atoms with E-state index in [4.69, 9.17) is 0 Å². The Morgan fingerprint density at radius 1 is 0.800 bits per heavy atom. The van der Waals surface area contributed by atoms with Gasteiger partial charge in [-0.3, -0.25) is 0 Å². The summed E-state index contributed by atoms with van der Waals surface area (Å²) >= 11 is 0. The molecule has 0 aliphatic heterocycles. The van der Waals surface area contributed by atoms with Crippen LogP contribution in [0.15, 0.2) is 12.2 Å². The van der Waals surface area contributed by atoms with Crippen molar-refractivity contribution < 1.29 is 0 Å². The maximum atomic E-state index is 2.36. The first-order chi connectivity index (χ1) is 9.25. The van der Waals surface area contributed by atoms with E-state index >= 15 is 0 Å². The lowest BCUT2D eigenvalue weighted by Crippen LogP contribution is -2.46. The molecule has 0 radical (unpaired) electrons. The summed E-state index contributed by atoms with van der Waals surface area (Å²) in [5.74, 6) is 0. The quantitative estimate of drug-likeness (QED) is 0.561. The minimum Gasteiger partial charge on any atom is -0.309 e. The number of likely N-dealkylation sites (N-methyl/N-ethyl adjacent to an activating group) is 3. The van der Waals surface area contributed by atoms with Crippen molar-refractivity contribution >= 4 is 0 Å². The van der Waals surface area contributed by atoms with Crippen LogP contribution in [0.3, 0.4) is 0 Å². The molecule has 2 atom stereocenters. The van der Waals surface area contributed by atoms with Gasteiger partial charge in [-0.15, -0.1) is 0 Å². The summed E-state index contributed by atoms with van der Waals surface area (Å²) < 4.78 is 0. The van der Waals surface area contributed by atoms with E-state index < -0.39 is 0 Å². The second-order valence-corrected chi connectivity index (χ2v) is 6.62. The molecule has 4 heteroatoms. The van der Waals surface area contributed by atoms with Gasteiger partial charge in [0.15, 0.2) is 0 Å². The van der Waals surface area contributed by atoms with Crippen LogP contribution in [0, 0.1) is 0 Å². The lowest BCUT2D eigenvalue weighted by atomic mass is 10.00. The molecule has 0 aromatic carbocycles.